The van der Waals surface area contributed by atoms with E-state index in [9.17, 15) is 8.42 Å². The van der Waals surface area contributed by atoms with Crippen molar-refractivity contribution in [2.75, 3.05) is 12.3 Å². The number of hydrogen-bond donors (Lipinski definition) is 1. The Morgan fingerprint density at radius 3 is 2.60 bits per heavy atom. The van der Waals surface area contributed by atoms with Crippen LogP contribution in [0.1, 0.15) is 32.8 Å². The summed E-state index contributed by atoms with van der Waals surface area (Å²) in [7, 11) is -3.90. The van der Waals surface area contributed by atoms with Crippen LogP contribution in [0.15, 0.2) is 18.2 Å². The van der Waals surface area contributed by atoms with Crippen molar-refractivity contribution in [3.8, 4) is 0 Å². The van der Waals surface area contributed by atoms with Crippen molar-refractivity contribution in [2.24, 2.45) is 0 Å². The number of benzene rings is 1. The predicted molar refractivity (Wildman–Crippen MR) is 81.0 cm³/mol. The van der Waals surface area contributed by atoms with Crippen LogP contribution >= 0.6 is 11.6 Å². The van der Waals surface area contributed by atoms with E-state index in [1.54, 1.807) is 0 Å². The molecule has 1 N–H and O–H groups in total. The highest BCUT2D eigenvalue weighted by Crippen LogP contribution is 2.40. The molecule has 0 amide bonds. The van der Waals surface area contributed by atoms with Gasteiger partial charge in [-0.1, -0.05) is 11.6 Å². The van der Waals surface area contributed by atoms with Crippen LogP contribution in [-0.2, 0) is 15.5 Å². The Labute approximate surface area is 124 Å². The predicted octanol–water partition coefficient (Wildman–Crippen LogP) is 3.01. The molecule has 0 bridgehead atoms. The fraction of sp³-hybridized carbons (Fsp3) is 0.500. The van der Waals surface area contributed by atoms with Crippen molar-refractivity contribution in [3.63, 3.8) is 0 Å². The second-order valence-electron chi connectivity index (χ2n) is 5.66. The fourth-order valence-electron chi connectivity index (χ4n) is 2.65. The average molecular weight is 317 g/mol. The van der Waals surface area contributed by atoms with Crippen molar-refractivity contribution in [3.05, 3.63) is 28.8 Å². The third kappa shape index (κ3) is 2.90. The quantitative estimate of drug-likeness (QED) is 0.686. The van der Waals surface area contributed by atoms with Gasteiger partial charge in [0, 0.05) is 30.0 Å². The standard InChI is InChI=1S/C14H18ClNO3S/c1-10-14(2,3)12-9-11(15)5-6-13(12)16(10)7-4-8-20(17,18)19/h5-6,9H,4,7-8H2,1-3H3/p+1. The van der Waals surface area contributed by atoms with Gasteiger partial charge in [0.05, 0.1) is 11.2 Å². The van der Waals surface area contributed by atoms with Gasteiger partial charge in [0.1, 0.15) is 6.54 Å². The van der Waals surface area contributed by atoms with Gasteiger partial charge in [-0.3, -0.25) is 4.55 Å². The van der Waals surface area contributed by atoms with Crippen LogP contribution in [-0.4, -0.2) is 35.6 Å². The molecule has 0 saturated carbocycles. The molecule has 1 aliphatic rings. The maximum absolute atomic E-state index is 10.8. The summed E-state index contributed by atoms with van der Waals surface area (Å²) in [5.74, 6) is -0.222. The molecule has 2 rings (SSSR count). The van der Waals surface area contributed by atoms with E-state index in [2.05, 4.69) is 18.4 Å². The minimum absolute atomic E-state index is 0.127. The number of rotatable bonds is 4. The molecule has 20 heavy (non-hydrogen) atoms. The topological polar surface area (TPSA) is 57.4 Å². The molecular weight excluding hydrogens is 298 g/mol. The summed E-state index contributed by atoms with van der Waals surface area (Å²) in [4.78, 5) is 0. The third-order valence-corrected chi connectivity index (χ3v) is 5.06. The summed E-state index contributed by atoms with van der Waals surface area (Å²) in [5.41, 5.74) is 3.24. The van der Waals surface area contributed by atoms with Crippen LogP contribution in [0.4, 0.5) is 5.69 Å². The fourth-order valence-corrected chi connectivity index (χ4v) is 3.32. The molecule has 0 radical (unpaired) electrons. The van der Waals surface area contributed by atoms with E-state index in [1.807, 2.05) is 25.1 Å². The van der Waals surface area contributed by atoms with Crippen LogP contribution < -0.4 is 0 Å². The highest BCUT2D eigenvalue weighted by Gasteiger charge is 2.42. The third-order valence-electron chi connectivity index (χ3n) is 4.02. The highest BCUT2D eigenvalue weighted by atomic mass is 35.5. The van der Waals surface area contributed by atoms with Crippen LogP contribution in [0.25, 0.3) is 0 Å². The van der Waals surface area contributed by atoms with Gasteiger partial charge in [0.2, 0.25) is 5.69 Å². The zero-order valence-corrected chi connectivity index (χ0v) is 13.4. The number of nitrogens with zero attached hydrogens (tertiary/aromatic N) is 1. The summed E-state index contributed by atoms with van der Waals surface area (Å²) in [6.07, 6.45) is 0.383. The Balaban J connectivity index is 2.32. The van der Waals surface area contributed by atoms with Crippen molar-refractivity contribution in [1.82, 2.24) is 0 Å². The minimum atomic E-state index is -3.90. The molecule has 0 unspecified atom stereocenters. The van der Waals surface area contributed by atoms with E-state index in [0.717, 1.165) is 17.0 Å². The van der Waals surface area contributed by atoms with Crippen molar-refractivity contribution >= 4 is 33.1 Å². The monoisotopic (exact) mass is 316 g/mol. The number of halogens is 1. The first-order valence-corrected chi connectivity index (χ1v) is 8.48. The largest absolute Gasteiger partial charge is 0.286 e. The molecule has 0 spiro atoms. The second-order valence-corrected chi connectivity index (χ2v) is 7.67. The van der Waals surface area contributed by atoms with E-state index in [-0.39, 0.29) is 11.2 Å². The molecule has 1 heterocycles. The van der Waals surface area contributed by atoms with Gasteiger partial charge in [-0.25, -0.2) is 0 Å². The first kappa shape index (κ1) is 15.5. The Kier molecular flexibility index (Phi) is 3.97. The zero-order valence-electron chi connectivity index (χ0n) is 11.9. The Morgan fingerprint density at radius 2 is 2.00 bits per heavy atom. The summed E-state index contributed by atoms with van der Waals surface area (Å²) in [6, 6.07) is 5.76. The average Bonchev–Trinajstić information content (AvgIpc) is 2.49. The molecule has 1 aromatic carbocycles. The minimum Gasteiger partial charge on any atom is -0.286 e. The second kappa shape index (κ2) is 5.13. The Morgan fingerprint density at radius 1 is 1.35 bits per heavy atom. The molecule has 110 valence electrons. The lowest BCUT2D eigenvalue weighted by Gasteiger charge is -2.14. The molecule has 6 heteroatoms. The Bertz CT molecular complexity index is 678. The van der Waals surface area contributed by atoms with Gasteiger partial charge >= 0.3 is 0 Å². The van der Waals surface area contributed by atoms with E-state index < -0.39 is 10.1 Å². The molecule has 0 aliphatic carbocycles. The lowest BCUT2D eigenvalue weighted by molar-refractivity contribution is -0.438. The molecule has 0 aromatic heterocycles. The number of hydrogen-bond acceptors (Lipinski definition) is 2. The molecular formula is C14H19ClNO3S+. The van der Waals surface area contributed by atoms with Crippen LogP contribution in [0.5, 0.6) is 0 Å². The van der Waals surface area contributed by atoms with Crippen LogP contribution in [0.2, 0.25) is 5.02 Å². The summed E-state index contributed by atoms with van der Waals surface area (Å²) < 4.78 is 32.6. The Hall–Kier alpha value is -0.910. The summed E-state index contributed by atoms with van der Waals surface area (Å²) in [6.45, 7) is 6.85. The molecule has 1 aromatic rings. The smallest absolute Gasteiger partial charge is 0.265 e. The lowest BCUT2D eigenvalue weighted by Crippen LogP contribution is -2.27. The van der Waals surface area contributed by atoms with E-state index in [4.69, 9.17) is 16.2 Å². The van der Waals surface area contributed by atoms with Crippen molar-refractivity contribution < 1.29 is 17.5 Å². The maximum atomic E-state index is 10.8. The number of fused-ring (bicyclic) bond motifs is 1. The molecule has 4 nitrogen and oxygen atoms in total. The first-order valence-electron chi connectivity index (χ1n) is 6.50. The zero-order chi connectivity index (χ0) is 15.1. The lowest BCUT2D eigenvalue weighted by atomic mass is 9.82. The molecule has 1 aliphatic heterocycles. The SMILES string of the molecule is CC1=[N+](CCCS(=O)(=O)O)c2ccc(Cl)cc2C1(C)C. The van der Waals surface area contributed by atoms with Crippen molar-refractivity contribution in [1.29, 1.82) is 0 Å². The highest BCUT2D eigenvalue weighted by molar-refractivity contribution is 7.85. The van der Waals surface area contributed by atoms with Gasteiger partial charge in [0.15, 0.2) is 5.71 Å². The van der Waals surface area contributed by atoms with Gasteiger partial charge in [-0.05, 0) is 26.0 Å². The molecule has 0 fully saturated rings. The first-order chi connectivity index (χ1) is 9.13. The van der Waals surface area contributed by atoms with Gasteiger partial charge in [-0.2, -0.15) is 13.0 Å². The molecule has 0 atom stereocenters. The van der Waals surface area contributed by atoms with E-state index >= 15 is 0 Å². The van der Waals surface area contributed by atoms with Crippen LogP contribution in [0.3, 0.4) is 0 Å². The van der Waals surface area contributed by atoms with Gasteiger partial charge in [-0.15, -0.1) is 0 Å². The van der Waals surface area contributed by atoms with E-state index in [0.29, 0.717) is 18.0 Å². The molecule has 0 saturated heterocycles. The van der Waals surface area contributed by atoms with E-state index in [1.165, 1.54) is 0 Å². The van der Waals surface area contributed by atoms with Gasteiger partial charge in [0.25, 0.3) is 10.1 Å². The van der Waals surface area contributed by atoms with Crippen LogP contribution in [0, 0.1) is 0 Å². The normalized spacial score (nSPS) is 17.4. The summed E-state index contributed by atoms with van der Waals surface area (Å²) in [5, 5.41) is 0.699. The van der Waals surface area contributed by atoms with Crippen molar-refractivity contribution in [2.45, 2.75) is 32.6 Å². The van der Waals surface area contributed by atoms with Gasteiger partial charge < -0.3 is 0 Å². The maximum Gasteiger partial charge on any atom is 0.265 e. The summed E-state index contributed by atoms with van der Waals surface area (Å²) >= 11 is 6.07.